The zero-order chi connectivity index (χ0) is 11.4. The van der Waals surface area contributed by atoms with E-state index in [0.29, 0.717) is 13.1 Å². The van der Waals surface area contributed by atoms with E-state index in [4.69, 9.17) is 0 Å². The van der Waals surface area contributed by atoms with Gasteiger partial charge >= 0.3 is 0 Å². The third kappa shape index (κ3) is 2.23. The Kier molecular flexibility index (Phi) is 3.22. The van der Waals surface area contributed by atoms with E-state index in [1.54, 1.807) is 11.1 Å². The number of para-hydroxylation sites is 1. The summed E-state index contributed by atoms with van der Waals surface area (Å²) in [6, 6.07) is 9.95. The molecule has 4 heteroatoms. The Morgan fingerprint density at radius 2 is 2.06 bits per heavy atom. The van der Waals surface area contributed by atoms with E-state index >= 15 is 0 Å². The predicted molar refractivity (Wildman–Crippen MR) is 63.2 cm³/mol. The van der Waals surface area contributed by atoms with Crippen molar-refractivity contribution in [3.63, 3.8) is 0 Å². The Bertz CT molecular complexity index is 389. The summed E-state index contributed by atoms with van der Waals surface area (Å²) in [6.45, 7) is 2.37. The SMILES string of the molecule is CCC(=O)N1C=CN(c2ccccc2)NC1. The molecular formula is C12H15N3O. The highest BCUT2D eigenvalue weighted by atomic mass is 16.2. The highest BCUT2D eigenvalue weighted by molar-refractivity contribution is 5.77. The first kappa shape index (κ1) is 10.7. The Hall–Kier alpha value is -1.81. The van der Waals surface area contributed by atoms with E-state index in [0.717, 1.165) is 5.69 Å². The molecule has 0 atom stereocenters. The van der Waals surface area contributed by atoms with Crippen molar-refractivity contribution in [3.05, 3.63) is 42.7 Å². The van der Waals surface area contributed by atoms with Gasteiger partial charge in [0.25, 0.3) is 0 Å². The average Bonchev–Trinajstić information content (AvgIpc) is 2.39. The molecular weight excluding hydrogens is 202 g/mol. The van der Waals surface area contributed by atoms with Gasteiger partial charge in [-0.15, -0.1) is 0 Å². The average molecular weight is 217 g/mol. The predicted octanol–water partition coefficient (Wildman–Crippen LogP) is 1.68. The molecule has 1 aromatic carbocycles. The molecule has 1 amide bonds. The molecule has 4 nitrogen and oxygen atoms in total. The van der Waals surface area contributed by atoms with E-state index in [1.165, 1.54) is 0 Å². The molecule has 2 rings (SSSR count). The fraction of sp³-hybridized carbons (Fsp3) is 0.250. The molecule has 1 N–H and O–H groups in total. The number of anilines is 1. The van der Waals surface area contributed by atoms with Crippen LogP contribution in [0.1, 0.15) is 13.3 Å². The Balaban J connectivity index is 2.06. The van der Waals surface area contributed by atoms with Crippen LogP contribution >= 0.6 is 0 Å². The molecule has 0 saturated heterocycles. The number of benzene rings is 1. The molecule has 1 heterocycles. The standard InChI is InChI=1S/C12H15N3O/c1-2-12(16)14-8-9-15(13-10-14)11-6-4-3-5-7-11/h3-9,13H,2,10H2,1H3. The quantitative estimate of drug-likeness (QED) is 0.818. The maximum Gasteiger partial charge on any atom is 0.227 e. The first-order valence-electron chi connectivity index (χ1n) is 5.37. The van der Waals surface area contributed by atoms with Crippen LogP contribution in [0.2, 0.25) is 0 Å². The van der Waals surface area contributed by atoms with Gasteiger partial charge in [-0.1, -0.05) is 25.1 Å². The summed E-state index contributed by atoms with van der Waals surface area (Å²) in [5.74, 6) is 0.122. The van der Waals surface area contributed by atoms with E-state index in [1.807, 2.05) is 48.5 Å². The van der Waals surface area contributed by atoms with Gasteiger partial charge in [0.2, 0.25) is 5.91 Å². The summed E-state index contributed by atoms with van der Waals surface area (Å²) in [4.78, 5) is 13.1. The van der Waals surface area contributed by atoms with E-state index in [9.17, 15) is 4.79 Å². The zero-order valence-electron chi connectivity index (χ0n) is 9.26. The number of carbonyl (C=O) groups excluding carboxylic acids is 1. The van der Waals surface area contributed by atoms with Crippen molar-refractivity contribution in [1.29, 1.82) is 0 Å². The molecule has 0 radical (unpaired) electrons. The van der Waals surface area contributed by atoms with Crippen molar-refractivity contribution in [3.8, 4) is 0 Å². The molecule has 0 saturated carbocycles. The van der Waals surface area contributed by atoms with Crippen molar-refractivity contribution in [2.75, 3.05) is 11.7 Å². The molecule has 0 aromatic heterocycles. The number of hydrogen-bond acceptors (Lipinski definition) is 3. The lowest BCUT2D eigenvalue weighted by Gasteiger charge is -2.30. The van der Waals surface area contributed by atoms with Crippen LogP contribution < -0.4 is 10.4 Å². The third-order valence-electron chi connectivity index (χ3n) is 2.46. The number of hydrazine groups is 1. The largest absolute Gasteiger partial charge is 0.303 e. The number of nitrogens with one attached hydrogen (secondary N) is 1. The van der Waals surface area contributed by atoms with E-state index < -0.39 is 0 Å². The van der Waals surface area contributed by atoms with Crippen LogP contribution in [-0.4, -0.2) is 17.5 Å². The highest BCUT2D eigenvalue weighted by Gasteiger charge is 2.14. The first-order valence-corrected chi connectivity index (χ1v) is 5.37. The minimum absolute atomic E-state index is 0.122. The van der Waals surface area contributed by atoms with Gasteiger partial charge < -0.3 is 4.90 Å². The summed E-state index contributed by atoms with van der Waals surface area (Å²) < 4.78 is 0. The summed E-state index contributed by atoms with van der Waals surface area (Å²) in [5.41, 5.74) is 4.21. The molecule has 1 aromatic rings. The number of hydrogen-bond donors (Lipinski definition) is 1. The van der Waals surface area contributed by atoms with Crippen LogP contribution in [0.5, 0.6) is 0 Å². The van der Waals surface area contributed by atoms with Crippen molar-refractivity contribution in [2.24, 2.45) is 0 Å². The number of carbonyl (C=O) groups is 1. The first-order chi connectivity index (χ1) is 7.81. The summed E-state index contributed by atoms with van der Waals surface area (Å²) in [7, 11) is 0. The van der Waals surface area contributed by atoms with Gasteiger partial charge in [0.05, 0.1) is 12.4 Å². The normalized spacial score (nSPS) is 15.3. The number of nitrogens with zero attached hydrogens (tertiary/aromatic N) is 2. The molecule has 1 aliphatic heterocycles. The fourth-order valence-electron chi connectivity index (χ4n) is 1.55. The molecule has 16 heavy (non-hydrogen) atoms. The maximum atomic E-state index is 11.4. The van der Waals surface area contributed by atoms with Gasteiger partial charge in [-0.3, -0.25) is 9.80 Å². The molecule has 0 fully saturated rings. The van der Waals surface area contributed by atoms with Crippen LogP contribution in [0, 0.1) is 0 Å². The minimum atomic E-state index is 0.122. The second-order valence-corrected chi connectivity index (χ2v) is 3.54. The van der Waals surface area contributed by atoms with Gasteiger partial charge in [-0.05, 0) is 12.1 Å². The lowest BCUT2D eigenvalue weighted by Crippen LogP contribution is -2.46. The molecule has 0 unspecified atom stereocenters. The van der Waals surface area contributed by atoms with Crippen LogP contribution in [0.15, 0.2) is 42.7 Å². The van der Waals surface area contributed by atoms with Gasteiger partial charge in [-0.25, -0.2) is 5.43 Å². The highest BCUT2D eigenvalue weighted by Crippen LogP contribution is 2.13. The molecule has 1 aliphatic rings. The molecule has 0 spiro atoms. The lowest BCUT2D eigenvalue weighted by molar-refractivity contribution is -0.128. The van der Waals surface area contributed by atoms with Crippen LogP contribution in [0.3, 0.4) is 0 Å². The Morgan fingerprint density at radius 3 is 2.62 bits per heavy atom. The van der Waals surface area contributed by atoms with Gasteiger partial charge in [0, 0.05) is 18.8 Å². The van der Waals surface area contributed by atoms with Crippen molar-refractivity contribution in [1.82, 2.24) is 10.3 Å². The number of amides is 1. The fourth-order valence-corrected chi connectivity index (χ4v) is 1.55. The maximum absolute atomic E-state index is 11.4. The Labute approximate surface area is 95.1 Å². The van der Waals surface area contributed by atoms with E-state index in [-0.39, 0.29) is 5.91 Å². The summed E-state index contributed by atoms with van der Waals surface area (Å²) in [6.07, 6.45) is 4.18. The van der Waals surface area contributed by atoms with Gasteiger partial charge in [-0.2, -0.15) is 0 Å². The lowest BCUT2D eigenvalue weighted by atomic mass is 10.3. The second kappa shape index (κ2) is 4.81. The third-order valence-corrected chi connectivity index (χ3v) is 2.46. The van der Waals surface area contributed by atoms with E-state index in [2.05, 4.69) is 5.43 Å². The van der Waals surface area contributed by atoms with Crippen LogP contribution in [-0.2, 0) is 4.79 Å². The number of rotatable bonds is 2. The Morgan fingerprint density at radius 1 is 1.31 bits per heavy atom. The summed E-state index contributed by atoms with van der Waals surface area (Å²) >= 11 is 0. The second-order valence-electron chi connectivity index (χ2n) is 3.54. The topological polar surface area (TPSA) is 35.6 Å². The van der Waals surface area contributed by atoms with Crippen molar-refractivity contribution in [2.45, 2.75) is 13.3 Å². The summed E-state index contributed by atoms with van der Waals surface area (Å²) in [5, 5.41) is 1.90. The van der Waals surface area contributed by atoms with Gasteiger partial charge in [0.1, 0.15) is 0 Å². The zero-order valence-corrected chi connectivity index (χ0v) is 9.26. The smallest absolute Gasteiger partial charge is 0.227 e. The van der Waals surface area contributed by atoms with Crippen molar-refractivity contribution >= 4 is 11.6 Å². The van der Waals surface area contributed by atoms with Crippen LogP contribution in [0.4, 0.5) is 5.69 Å². The minimum Gasteiger partial charge on any atom is -0.303 e. The van der Waals surface area contributed by atoms with Crippen molar-refractivity contribution < 1.29 is 4.79 Å². The molecule has 0 bridgehead atoms. The molecule has 84 valence electrons. The monoisotopic (exact) mass is 217 g/mol. The van der Waals surface area contributed by atoms with Gasteiger partial charge in [0.15, 0.2) is 0 Å². The van der Waals surface area contributed by atoms with Crippen LogP contribution in [0.25, 0.3) is 0 Å². The molecule has 0 aliphatic carbocycles.